The molecule has 0 aromatic heterocycles. The van der Waals surface area contributed by atoms with Gasteiger partial charge in [-0.1, -0.05) is 12.1 Å². The molecule has 0 saturated carbocycles. The van der Waals surface area contributed by atoms with Crippen LogP contribution in [-0.2, 0) is 20.9 Å². The Morgan fingerprint density at radius 1 is 1.15 bits per heavy atom. The minimum absolute atomic E-state index is 0.153. The van der Waals surface area contributed by atoms with E-state index in [9.17, 15) is 18.8 Å². The number of likely N-dealkylation sites (N-methyl/N-ethyl adjacent to an activating group) is 1. The monoisotopic (exact) mass is 469 g/mol. The predicted molar refractivity (Wildman–Crippen MR) is 123 cm³/mol. The number of ether oxygens (including phenoxy) is 2. The van der Waals surface area contributed by atoms with Crippen LogP contribution in [0.4, 0.5) is 10.1 Å². The molecule has 0 spiro atoms. The highest BCUT2D eigenvalue weighted by Gasteiger charge is 2.39. The number of rotatable bonds is 5. The van der Waals surface area contributed by atoms with Gasteiger partial charge in [0, 0.05) is 26.2 Å². The molecule has 2 N–H and O–H groups in total. The van der Waals surface area contributed by atoms with Crippen molar-refractivity contribution in [1.29, 1.82) is 0 Å². The summed E-state index contributed by atoms with van der Waals surface area (Å²) in [5.74, 6) is -0.482. The van der Waals surface area contributed by atoms with Crippen molar-refractivity contribution in [3.63, 3.8) is 0 Å². The molecule has 2 aliphatic heterocycles. The summed E-state index contributed by atoms with van der Waals surface area (Å²) in [7, 11) is 1.74. The summed E-state index contributed by atoms with van der Waals surface area (Å²) < 4.78 is 25.1. The SMILES string of the molecule is CC(=O)Nc1ccc2c(c1)C(=O)N(C)[C@@H]1CC[C@H](CC(=O)NCc3ccc(F)cc3)O[C@@H]1CO2. The lowest BCUT2D eigenvalue weighted by Gasteiger charge is -2.42. The summed E-state index contributed by atoms with van der Waals surface area (Å²) in [5, 5.41) is 5.53. The Hall–Kier alpha value is -3.46. The number of hydrogen-bond acceptors (Lipinski definition) is 5. The average molecular weight is 470 g/mol. The van der Waals surface area contributed by atoms with Crippen molar-refractivity contribution in [2.45, 2.75) is 51.0 Å². The number of benzene rings is 2. The molecule has 2 aliphatic rings. The molecule has 0 radical (unpaired) electrons. The van der Waals surface area contributed by atoms with Crippen molar-refractivity contribution in [3.8, 4) is 5.75 Å². The summed E-state index contributed by atoms with van der Waals surface area (Å²) in [4.78, 5) is 38.6. The Labute approximate surface area is 197 Å². The first-order valence-electron chi connectivity index (χ1n) is 11.3. The third-order valence-electron chi connectivity index (χ3n) is 6.15. The number of nitrogens with one attached hydrogen (secondary N) is 2. The summed E-state index contributed by atoms with van der Waals surface area (Å²) >= 11 is 0. The van der Waals surface area contributed by atoms with Crippen LogP contribution in [0.3, 0.4) is 0 Å². The van der Waals surface area contributed by atoms with Gasteiger partial charge < -0.3 is 25.0 Å². The summed E-state index contributed by atoms with van der Waals surface area (Å²) in [6, 6.07) is 10.8. The molecule has 2 heterocycles. The predicted octanol–water partition coefficient (Wildman–Crippen LogP) is 2.87. The number of carbonyl (C=O) groups is 3. The molecule has 3 amide bonds. The molecule has 34 heavy (non-hydrogen) atoms. The lowest BCUT2D eigenvalue weighted by molar-refractivity contribution is -0.134. The highest BCUT2D eigenvalue weighted by atomic mass is 19.1. The second kappa shape index (κ2) is 10.2. The second-order valence-corrected chi connectivity index (χ2v) is 8.67. The van der Waals surface area contributed by atoms with Crippen molar-refractivity contribution in [3.05, 3.63) is 59.4 Å². The first kappa shape index (κ1) is 23.7. The highest BCUT2D eigenvalue weighted by Crippen LogP contribution is 2.32. The van der Waals surface area contributed by atoms with E-state index in [-0.39, 0.29) is 54.8 Å². The van der Waals surface area contributed by atoms with E-state index < -0.39 is 0 Å². The third-order valence-corrected chi connectivity index (χ3v) is 6.15. The normalized spacial score (nSPS) is 21.9. The number of carbonyl (C=O) groups excluding carboxylic acids is 3. The smallest absolute Gasteiger partial charge is 0.257 e. The zero-order valence-electron chi connectivity index (χ0n) is 19.2. The number of amides is 3. The molecule has 8 nitrogen and oxygen atoms in total. The Morgan fingerprint density at radius 2 is 1.91 bits per heavy atom. The Balaban J connectivity index is 1.38. The topological polar surface area (TPSA) is 97.0 Å². The van der Waals surface area contributed by atoms with Gasteiger partial charge in [0.15, 0.2) is 0 Å². The van der Waals surface area contributed by atoms with Gasteiger partial charge in [-0.3, -0.25) is 14.4 Å². The molecule has 180 valence electrons. The summed E-state index contributed by atoms with van der Waals surface area (Å²) in [6.07, 6.45) is 0.830. The van der Waals surface area contributed by atoms with Crippen LogP contribution >= 0.6 is 0 Å². The van der Waals surface area contributed by atoms with Crippen molar-refractivity contribution in [1.82, 2.24) is 10.2 Å². The first-order chi connectivity index (χ1) is 16.3. The summed E-state index contributed by atoms with van der Waals surface area (Å²) in [5.41, 5.74) is 1.73. The first-order valence-corrected chi connectivity index (χ1v) is 11.3. The van der Waals surface area contributed by atoms with Crippen LogP contribution in [0.2, 0.25) is 0 Å². The average Bonchev–Trinajstić information content (AvgIpc) is 2.81. The van der Waals surface area contributed by atoms with E-state index in [2.05, 4.69) is 10.6 Å². The Morgan fingerprint density at radius 3 is 2.65 bits per heavy atom. The fourth-order valence-corrected chi connectivity index (χ4v) is 4.39. The van der Waals surface area contributed by atoms with E-state index >= 15 is 0 Å². The molecule has 3 atom stereocenters. The van der Waals surface area contributed by atoms with Gasteiger partial charge in [-0.2, -0.15) is 0 Å². The van der Waals surface area contributed by atoms with E-state index in [1.165, 1.54) is 19.1 Å². The van der Waals surface area contributed by atoms with Crippen molar-refractivity contribution in [2.75, 3.05) is 19.0 Å². The van der Waals surface area contributed by atoms with E-state index in [1.54, 1.807) is 42.3 Å². The maximum Gasteiger partial charge on any atom is 0.257 e. The molecule has 2 aromatic rings. The lowest BCUT2D eigenvalue weighted by Crippen LogP contribution is -2.53. The van der Waals surface area contributed by atoms with E-state index in [0.29, 0.717) is 36.4 Å². The lowest BCUT2D eigenvalue weighted by atomic mass is 9.94. The molecular weight excluding hydrogens is 441 g/mol. The van der Waals surface area contributed by atoms with Crippen LogP contribution in [-0.4, -0.2) is 54.5 Å². The van der Waals surface area contributed by atoms with Crippen LogP contribution in [0.5, 0.6) is 5.75 Å². The van der Waals surface area contributed by atoms with Crippen LogP contribution < -0.4 is 15.4 Å². The fraction of sp³-hybridized carbons (Fsp3) is 0.400. The Kier molecular flexibility index (Phi) is 7.12. The largest absolute Gasteiger partial charge is 0.490 e. The van der Waals surface area contributed by atoms with E-state index in [1.807, 2.05) is 0 Å². The molecule has 0 unspecified atom stereocenters. The molecular formula is C25H28FN3O5. The maximum atomic E-state index is 13.2. The minimum Gasteiger partial charge on any atom is -0.490 e. The van der Waals surface area contributed by atoms with Gasteiger partial charge in [0.2, 0.25) is 11.8 Å². The maximum absolute atomic E-state index is 13.2. The Bertz CT molecular complexity index is 1070. The van der Waals surface area contributed by atoms with Gasteiger partial charge >= 0.3 is 0 Å². The number of anilines is 1. The molecule has 2 aromatic carbocycles. The molecule has 0 aliphatic carbocycles. The van der Waals surface area contributed by atoms with Crippen molar-refractivity contribution < 1.29 is 28.2 Å². The van der Waals surface area contributed by atoms with Gasteiger partial charge in [0.25, 0.3) is 5.91 Å². The molecule has 0 bridgehead atoms. The van der Waals surface area contributed by atoms with E-state index in [4.69, 9.17) is 9.47 Å². The van der Waals surface area contributed by atoms with E-state index in [0.717, 1.165) is 5.56 Å². The number of hydrogen-bond donors (Lipinski definition) is 2. The van der Waals surface area contributed by atoms with Gasteiger partial charge in [-0.25, -0.2) is 4.39 Å². The molecule has 1 saturated heterocycles. The highest BCUT2D eigenvalue weighted by molar-refractivity contribution is 5.99. The molecule has 4 rings (SSSR count). The fourth-order valence-electron chi connectivity index (χ4n) is 4.39. The van der Waals surface area contributed by atoms with Gasteiger partial charge in [0.1, 0.15) is 24.3 Å². The van der Waals surface area contributed by atoms with Crippen LogP contribution in [0.15, 0.2) is 42.5 Å². The van der Waals surface area contributed by atoms with Crippen LogP contribution in [0, 0.1) is 5.82 Å². The van der Waals surface area contributed by atoms with Crippen molar-refractivity contribution in [2.24, 2.45) is 0 Å². The zero-order valence-corrected chi connectivity index (χ0v) is 19.2. The summed E-state index contributed by atoms with van der Waals surface area (Å²) in [6.45, 7) is 1.96. The van der Waals surface area contributed by atoms with Gasteiger partial charge in [-0.15, -0.1) is 0 Å². The quantitative estimate of drug-likeness (QED) is 0.702. The molecule has 1 fully saturated rings. The number of halogens is 1. The van der Waals surface area contributed by atoms with Crippen LogP contribution in [0.1, 0.15) is 42.1 Å². The minimum atomic E-state index is -0.374. The second-order valence-electron chi connectivity index (χ2n) is 8.67. The molecule has 9 heteroatoms. The number of fused-ring (bicyclic) bond motifs is 2. The van der Waals surface area contributed by atoms with Gasteiger partial charge in [0.05, 0.1) is 24.1 Å². The zero-order chi connectivity index (χ0) is 24.2. The van der Waals surface area contributed by atoms with Gasteiger partial charge in [-0.05, 0) is 48.7 Å². The standard InChI is InChI=1S/C25H28FN3O5/c1-15(30)28-18-7-10-22-20(11-18)25(32)29(2)21-9-8-19(34-23(21)14-33-22)12-24(31)27-13-16-3-5-17(26)6-4-16/h3-7,10-11,19,21,23H,8-9,12-14H2,1-2H3,(H,27,31)(H,28,30)/t19-,21-,23-/m1/s1. The third kappa shape index (κ3) is 5.53. The van der Waals surface area contributed by atoms with Crippen LogP contribution in [0.25, 0.3) is 0 Å². The number of nitrogens with zero attached hydrogens (tertiary/aromatic N) is 1. The van der Waals surface area contributed by atoms with Crippen molar-refractivity contribution >= 4 is 23.4 Å².